The van der Waals surface area contributed by atoms with Gasteiger partial charge >= 0.3 is 12.2 Å². The van der Waals surface area contributed by atoms with Crippen LogP contribution in [0.15, 0.2) is 36.4 Å². The Morgan fingerprint density at radius 3 is 2.68 bits per heavy atom. The lowest BCUT2D eigenvalue weighted by Gasteiger charge is -2.48. The predicted octanol–water partition coefficient (Wildman–Crippen LogP) is 4.73. The molecule has 1 saturated carbocycles. The zero-order valence-corrected chi connectivity index (χ0v) is 16.8. The van der Waals surface area contributed by atoms with Crippen molar-refractivity contribution in [2.45, 2.75) is 62.4 Å². The Kier molecular flexibility index (Phi) is 4.66. The Morgan fingerprint density at radius 2 is 1.97 bits per heavy atom. The number of fused-ring (bicyclic) bond motifs is 2. The summed E-state index contributed by atoms with van der Waals surface area (Å²) in [5, 5.41) is 15.7. The summed E-state index contributed by atoms with van der Waals surface area (Å²) in [6.45, 7) is 0. The fourth-order valence-corrected chi connectivity index (χ4v) is 4.91. The molecule has 2 aliphatic carbocycles. The number of hydrogen-bond donors (Lipinski definition) is 3. The smallest absolute Gasteiger partial charge is 0.416 e. The quantitative estimate of drug-likeness (QED) is 0.643. The summed E-state index contributed by atoms with van der Waals surface area (Å²) in [6.07, 6.45) is -0.889. The first-order valence-electron chi connectivity index (χ1n) is 10.5. The molecular formula is C23H23F3N2O3. The molecule has 5 rings (SSSR count). The van der Waals surface area contributed by atoms with E-state index in [9.17, 15) is 23.1 Å². The predicted molar refractivity (Wildman–Crippen MR) is 108 cm³/mol. The molecular weight excluding hydrogens is 409 g/mol. The van der Waals surface area contributed by atoms with Crippen molar-refractivity contribution in [3.05, 3.63) is 58.7 Å². The third-order valence-electron chi connectivity index (χ3n) is 6.61. The monoisotopic (exact) mass is 432 g/mol. The Balaban J connectivity index is 1.38. The van der Waals surface area contributed by atoms with Crippen LogP contribution in [0.5, 0.6) is 5.75 Å². The maximum Gasteiger partial charge on any atom is 0.416 e. The van der Waals surface area contributed by atoms with Gasteiger partial charge in [0.15, 0.2) is 0 Å². The van der Waals surface area contributed by atoms with E-state index in [4.69, 9.17) is 4.74 Å². The van der Waals surface area contributed by atoms with Gasteiger partial charge in [-0.3, -0.25) is 0 Å². The first-order chi connectivity index (χ1) is 14.7. The van der Waals surface area contributed by atoms with Crippen LogP contribution in [0.25, 0.3) is 0 Å². The van der Waals surface area contributed by atoms with Crippen molar-refractivity contribution in [1.29, 1.82) is 0 Å². The highest BCUT2D eigenvalue weighted by Crippen LogP contribution is 2.50. The highest BCUT2D eigenvalue weighted by Gasteiger charge is 2.46. The van der Waals surface area contributed by atoms with Crippen LogP contribution in [0.4, 0.5) is 23.7 Å². The van der Waals surface area contributed by atoms with Crippen LogP contribution in [-0.4, -0.2) is 22.8 Å². The standard InChI is InChI=1S/C23H23F3N2O3/c24-23(25,26)14-5-6-16-19(12-22(7-2-8-22)31-20(16)10-14)28-21(30)27-18-4-1-3-13-9-15(29)11-17(13)18/h1,3-6,10,15,19,29H,2,7-9,11-12H2,(H2,27,28,30)/t15-,19-/m1/s1. The van der Waals surface area contributed by atoms with E-state index in [1.54, 1.807) is 6.07 Å². The number of aliphatic hydroxyl groups excluding tert-OH is 1. The Bertz CT molecular complexity index is 1030. The van der Waals surface area contributed by atoms with E-state index in [0.717, 1.165) is 42.5 Å². The molecule has 0 unspecified atom stereocenters. The number of carbonyl (C=O) groups is 1. The first kappa shape index (κ1) is 20.2. The van der Waals surface area contributed by atoms with Gasteiger partial charge in [-0.1, -0.05) is 18.2 Å². The second kappa shape index (κ2) is 7.15. The van der Waals surface area contributed by atoms with Crippen molar-refractivity contribution in [2.24, 2.45) is 0 Å². The summed E-state index contributed by atoms with van der Waals surface area (Å²) in [5.74, 6) is 0.190. The lowest BCUT2D eigenvalue weighted by atomic mass is 9.73. The van der Waals surface area contributed by atoms with Crippen molar-refractivity contribution in [1.82, 2.24) is 5.32 Å². The fraction of sp³-hybridized carbons (Fsp3) is 0.435. The SMILES string of the molecule is O=C(Nc1cccc2c1C[C@H](O)C2)N[C@@H]1CC2(CCC2)Oc2cc(C(F)(F)F)ccc21. The maximum atomic E-state index is 13.2. The molecule has 31 heavy (non-hydrogen) atoms. The second-order valence-electron chi connectivity index (χ2n) is 8.75. The van der Waals surface area contributed by atoms with E-state index >= 15 is 0 Å². The van der Waals surface area contributed by atoms with Crippen molar-refractivity contribution >= 4 is 11.7 Å². The Labute approximate surface area is 177 Å². The van der Waals surface area contributed by atoms with Crippen LogP contribution in [0.2, 0.25) is 0 Å². The van der Waals surface area contributed by atoms with Gasteiger partial charge in [-0.05, 0) is 55.0 Å². The Hall–Kier alpha value is -2.74. The van der Waals surface area contributed by atoms with Crippen molar-refractivity contribution in [3.8, 4) is 5.75 Å². The summed E-state index contributed by atoms with van der Waals surface area (Å²) < 4.78 is 45.5. The van der Waals surface area contributed by atoms with E-state index in [-0.39, 0.29) is 5.75 Å². The molecule has 1 heterocycles. The number of urea groups is 1. The molecule has 8 heteroatoms. The highest BCUT2D eigenvalue weighted by molar-refractivity contribution is 5.91. The summed E-state index contributed by atoms with van der Waals surface area (Å²) >= 11 is 0. The average molecular weight is 432 g/mol. The fourth-order valence-electron chi connectivity index (χ4n) is 4.91. The van der Waals surface area contributed by atoms with Crippen molar-refractivity contribution in [2.75, 3.05) is 5.32 Å². The highest BCUT2D eigenvalue weighted by atomic mass is 19.4. The van der Waals surface area contributed by atoms with Crippen molar-refractivity contribution in [3.63, 3.8) is 0 Å². The van der Waals surface area contributed by atoms with Gasteiger partial charge < -0.3 is 20.5 Å². The molecule has 3 N–H and O–H groups in total. The molecule has 1 aliphatic heterocycles. The number of aliphatic hydroxyl groups is 1. The minimum absolute atomic E-state index is 0.190. The minimum atomic E-state index is -4.46. The zero-order valence-electron chi connectivity index (χ0n) is 16.8. The lowest BCUT2D eigenvalue weighted by molar-refractivity contribution is -0.138. The summed E-state index contributed by atoms with van der Waals surface area (Å²) in [6, 6.07) is 8.13. The molecule has 2 aromatic rings. The molecule has 2 aromatic carbocycles. The maximum absolute atomic E-state index is 13.2. The molecule has 2 atom stereocenters. The third kappa shape index (κ3) is 3.73. The number of benzene rings is 2. The van der Waals surface area contributed by atoms with Gasteiger partial charge in [0.1, 0.15) is 11.4 Å². The number of hydrogen-bond acceptors (Lipinski definition) is 3. The van der Waals surface area contributed by atoms with Crippen molar-refractivity contribution < 1.29 is 27.8 Å². The van der Waals surface area contributed by atoms with Gasteiger partial charge in [-0.2, -0.15) is 13.2 Å². The number of ether oxygens (including phenoxy) is 1. The molecule has 0 aromatic heterocycles. The zero-order chi connectivity index (χ0) is 21.8. The summed E-state index contributed by atoms with van der Waals surface area (Å²) in [5.41, 5.74) is 1.84. The number of anilines is 1. The second-order valence-corrected chi connectivity index (χ2v) is 8.75. The molecule has 0 saturated heterocycles. The normalized spacial score (nSPS) is 23.4. The molecule has 0 bridgehead atoms. The van der Waals surface area contributed by atoms with Gasteiger partial charge in [0, 0.05) is 24.1 Å². The van der Waals surface area contributed by atoms with Gasteiger partial charge in [0.25, 0.3) is 0 Å². The third-order valence-corrected chi connectivity index (χ3v) is 6.61. The van der Waals surface area contributed by atoms with E-state index < -0.39 is 35.5 Å². The number of alkyl halides is 3. The van der Waals surface area contributed by atoms with Crippen LogP contribution < -0.4 is 15.4 Å². The number of carbonyl (C=O) groups excluding carboxylic acids is 1. The van der Waals surface area contributed by atoms with E-state index in [2.05, 4.69) is 10.6 Å². The molecule has 0 radical (unpaired) electrons. The minimum Gasteiger partial charge on any atom is -0.487 e. The van der Waals surface area contributed by atoms with Gasteiger partial charge in [-0.25, -0.2) is 4.79 Å². The van der Waals surface area contributed by atoms with Crippen LogP contribution in [0.3, 0.4) is 0 Å². The molecule has 2 amide bonds. The van der Waals surface area contributed by atoms with Gasteiger partial charge in [0.2, 0.25) is 0 Å². The van der Waals surface area contributed by atoms with Gasteiger partial charge in [-0.15, -0.1) is 0 Å². The summed E-state index contributed by atoms with van der Waals surface area (Å²) in [4.78, 5) is 12.8. The molecule has 5 nitrogen and oxygen atoms in total. The van der Waals surface area contributed by atoms with Crippen LogP contribution >= 0.6 is 0 Å². The van der Waals surface area contributed by atoms with Crippen LogP contribution in [0.1, 0.15) is 54.0 Å². The van der Waals surface area contributed by atoms with Gasteiger partial charge in [0.05, 0.1) is 17.7 Å². The van der Waals surface area contributed by atoms with Crippen LogP contribution in [-0.2, 0) is 19.0 Å². The number of nitrogens with one attached hydrogen (secondary N) is 2. The molecule has 1 fully saturated rings. The number of amides is 2. The average Bonchev–Trinajstić information content (AvgIpc) is 3.06. The first-order valence-corrected chi connectivity index (χ1v) is 10.5. The molecule has 1 spiro atoms. The Morgan fingerprint density at radius 1 is 1.16 bits per heavy atom. The molecule has 164 valence electrons. The van der Waals surface area contributed by atoms with E-state index in [1.807, 2.05) is 12.1 Å². The van der Waals surface area contributed by atoms with E-state index in [1.165, 1.54) is 6.07 Å². The van der Waals surface area contributed by atoms with E-state index in [0.29, 0.717) is 30.5 Å². The summed E-state index contributed by atoms with van der Waals surface area (Å²) in [7, 11) is 0. The van der Waals surface area contributed by atoms with Crippen LogP contribution in [0, 0.1) is 0 Å². The largest absolute Gasteiger partial charge is 0.487 e. The topological polar surface area (TPSA) is 70.6 Å². The number of halogens is 3. The molecule has 3 aliphatic rings. The number of rotatable bonds is 2. The lowest BCUT2D eigenvalue weighted by Crippen LogP contribution is -2.50.